The quantitative estimate of drug-likeness (QED) is 0.423. The molecule has 7 heteroatoms. The summed E-state index contributed by atoms with van der Waals surface area (Å²) in [6, 6.07) is 1.09. The van der Waals surface area contributed by atoms with Crippen LogP contribution in [0.4, 0.5) is 5.95 Å². The van der Waals surface area contributed by atoms with Gasteiger partial charge in [0.2, 0.25) is 10.7 Å². The van der Waals surface area contributed by atoms with Gasteiger partial charge in [-0.05, 0) is 57.4 Å². The monoisotopic (exact) mass is 480 g/mol. The van der Waals surface area contributed by atoms with E-state index in [0.717, 1.165) is 43.7 Å². The molecule has 2 unspecified atom stereocenters. The van der Waals surface area contributed by atoms with Crippen molar-refractivity contribution in [2.75, 3.05) is 31.6 Å². The topological polar surface area (TPSA) is 60.1 Å². The lowest BCUT2D eigenvalue weighted by atomic mass is 9.83. The number of aromatic nitrogens is 3. The number of likely N-dealkylation sites (N-methyl/N-ethyl adjacent to an activating group) is 1. The molecule has 1 aromatic rings. The minimum atomic E-state index is 0.123. The molecule has 0 spiro atoms. The van der Waals surface area contributed by atoms with E-state index in [2.05, 4.69) is 64.8 Å². The van der Waals surface area contributed by atoms with E-state index < -0.39 is 0 Å². The van der Waals surface area contributed by atoms with E-state index in [9.17, 15) is 0 Å². The van der Waals surface area contributed by atoms with Gasteiger partial charge in [0, 0.05) is 37.1 Å². The largest absolute Gasteiger partial charge is 0.339 e. The molecular formula is C26H52N6S. The first-order chi connectivity index (χ1) is 15.9. The predicted octanol–water partition coefficient (Wildman–Crippen LogP) is 6.00. The molecular weight excluding hydrogens is 428 g/mol. The fraction of sp³-hybridized carbons (Fsp3) is 0.885. The zero-order valence-corrected chi connectivity index (χ0v) is 23.8. The Bertz CT molecular complexity index is 697. The Morgan fingerprint density at radius 3 is 2.03 bits per heavy atom. The third-order valence-corrected chi connectivity index (χ3v) is 7.11. The fourth-order valence-electron chi connectivity index (χ4n) is 5.62. The number of H-pyrrole nitrogens is 1. The number of nitrogens with zero attached hydrogens (tertiary/aromatic N) is 4. The van der Waals surface area contributed by atoms with Gasteiger partial charge >= 0.3 is 0 Å². The van der Waals surface area contributed by atoms with Crippen LogP contribution in [0.2, 0.25) is 0 Å². The molecule has 2 bridgehead atoms. The summed E-state index contributed by atoms with van der Waals surface area (Å²) < 4.78 is 0.465. The molecule has 6 nitrogen and oxygen atoms in total. The first-order valence-corrected chi connectivity index (χ1v) is 14.0. The summed E-state index contributed by atoms with van der Waals surface area (Å²) in [6.07, 6.45) is 8.05. The van der Waals surface area contributed by atoms with Crippen molar-refractivity contribution in [2.45, 2.75) is 118 Å². The summed E-state index contributed by atoms with van der Waals surface area (Å²) in [7, 11) is 2.25. The van der Waals surface area contributed by atoms with Gasteiger partial charge < -0.3 is 20.1 Å². The van der Waals surface area contributed by atoms with E-state index in [1.54, 1.807) is 0 Å². The summed E-state index contributed by atoms with van der Waals surface area (Å²) in [5.74, 6) is 2.70. The minimum absolute atomic E-state index is 0.123. The average Bonchev–Trinajstić information content (AvgIpc) is 2.80. The lowest BCUT2D eigenvalue weighted by molar-refractivity contribution is 0.0984. The molecule has 33 heavy (non-hydrogen) atoms. The zero-order valence-electron chi connectivity index (χ0n) is 23.0. The van der Waals surface area contributed by atoms with Gasteiger partial charge in [-0.25, -0.2) is 4.98 Å². The van der Waals surface area contributed by atoms with Crippen LogP contribution in [-0.2, 0) is 6.42 Å². The summed E-state index contributed by atoms with van der Waals surface area (Å²) in [5, 5.41) is 3.77. The van der Waals surface area contributed by atoms with Crippen molar-refractivity contribution < 1.29 is 0 Å². The Kier molecular flexibility index (Phi) is 13.7. The van der Waals surface area contributed by atoms with Crippen molar-refractivity contribution in [3.63, 3.8) is 0 Å². The van der Waals surface area contributed by atoms with Crippen LogP contribution in [-0.4, -0.2) is 64.2 Å². The van der Waals surface area contributed by atoms with E-state index in [1.807, 2.05) is 27.7 Å². The molecule has 2 fully saturated rings. The lowest BCUT2D eigenvalue weighted by Crippen LogP contribution is -2.60. The summed E-state index contributed by atoms with van der Waals surface area (Å²) in [4.78, 5) is 17.8. The van der Waals surface area contributed by atoms with E-state index >= 15 is 0 Å². The molecule has 2 atom stereocenters. The summed E-state index contributed by atoms with van der Waals surface area (Å²) >= 11 is 5.49. The molecule has 3 heterocycles. The Morgan fingerprint density at radius 1 is 1.00 bits per heavy atom. The molecule has 3 rings (SSSR count). The summed E-state index contributed by atoms with van der Waals surface area (Å²) in [6.45, 7) is 20.2. The molecule has 1 aromatic heterocycles. The molecule has 0 saturated carbocycles. The highest BCUT2D eigenvalue weighted by Crippen LogP contribution is 2.31. The van der Waals surface area contributed by atoms with Gasteiger partial charge in [-0.15, -0.1) is 0 Å². The van der Waals surface area contributed by atoms with Crippen LogP contribution in [0.15, 0.2) is 0 Å². The molecule has 0 amide bonds. The van der Waals surface area contributed by atoms with Crippen molar-refractivity contribution >= 4 is 18.2 Å². The zero-order chi connectivity index (χ0) is 25.0. The van der Waals surface area contributed by atoms with Gasteiger partial charge in [0.1, 0.15) is 5.82 Å². The van der Waals surface area contributed by atoms with Crippen LogP contribution in [0.5, 0.6) is 0 Å². The van der Waals surface area contributed by atoms with Crippen LogP contribution in [0.1, 0.15) is 99.7 Å². The number of fused-ring (bicyclic) bond motifs is 2. The summed E-state index contributed by atoms with van der Waals surface area (Å²) in [5.41, 5.74) is 0.123. The standard InChI is InChI=1S/C22H40N6S.2C2H6/c1-6-9-22(10-7-2,27(5)8-3)13-19-24-20(26-21(29)25-19)28-14-17-11-16(4)12-18(15-28)23-17;2*1-2/h16-18,23H,6-15H2,1-5H3,(H,24,25,26,29);2*1-2H3. The van der Waals surface area contributed by atoms with Crippen molar-refractivity contribution in [1.29, 1.82) is 0 Å². The van der Waals surface area contributed by atoms with Crippen LogP contribution >= 0.6 is 12.2 Å². The number of nitrogens with one attached hydrogen (secondary N) is 2. The van der Waals surface area contributed by atoms with Crippen LogP contribution in [0, 0.1) is 10.7 Å². The fourth-order valence-corrected chi connectivity index (χ4v) is 5.81. The highest BCUT2D eigenvalue weighted by atomic mass is 32.1. The maximum absolute atomic E-state index is 5.49. The normalized spacial score (nSPS) is 22.2. The van der Waals surface area contributed by atoms with Gasteiger partial charge in [0.15, 0.2) is 0 Å². The molecule has 0 aliphatic carbocycles. The lowest BCUT2D eigenvalue weighted by Gasteiger charge is -2.45. The van der Waals surface area contributed by atoms with Crippen molar-refractivity contribution in [1.82, 2.24) is 25.2 Å². The number of aromatic amines is 1. The third-order valence-electron chi connectivity index (χ3n) is 6.93. The van der Waals surface area contributed by atoms with Crippen molar-refractivity contribution in [3.8, 4) is 0 Å². The van der Waals surface area contributed by atoms with Crippen molar-refractivity contribution in [3.05, 3.63) is 10.6 Å². The van der Waals surface area contributed by atoms with E-state index in [0.29, 0.717) is 16.9 Å². The second-order valence-electron chi connectivity index (χ2n) is 9.36. The Balaban J connectivity index is 0.00000129. The molecule has 2 aliphatic heterocycles. The van der Waals surface area contributed by atoms with Crippen LogP contribution < -0.4 is 10.2 Å². The second kappa shape index (κ2) is 15.0. The van der Waals surface area contributed by atoms with Crippen LogP contribution in [0.3, 0.4) is 0 Å². The number of anilines is 1. The van der Waals surface area contributed by atoms with Gasteiger partial charge in [0.05, 0.1) is 0 Å². The van der Waals surface area contributed by atoms with Crippen LogP contribution in [0.25, 0.3) is 0 Å². The highest BCUT2D eigenvalue weighted by Gasteiger charge is 2.35. The van der Waals surface area contributed by atoms with Gasteiger partial charge in [-0.2, -0.15) is 4.98 Å². The molecule has 192 valence electrons. The highest BCUT2D eigenvalue weighted by molar-refractivity contribution is 7.71. The Morgan fingerprint density at radius 2 is 1.55 bits per heavy atom. The van der Waals surface area contributed by atoms with E-state index in [1.165, 1.54) is 38.5 Å². The van der Waals surface area contributed by atoms with Gasteiger partial charge in [0.25, 0.3) is 0 Å². The molecule has 2 N–H and O–H groups in total. The van der Waals surface area contributed by atoms with Gasteiger partial charge in [-0.1, -0.05) is 68.2 Å². The maximum Gasteiger partial charge on any atom is 0.224 e. The van der Waals surface area contributed by atoms with E-state index in [4.69, 9.17) is 12.2 Å². The predicted molar refractivity (Wildman–Crippen MR) is 146 cm³/mol. The Labute approximate surface area is 209 Å². The van der Waals surface area contributed by atoms with Crippen molar-refractivity contribution in [2.24, 2.45) is 5.92 Å². The number of piperazine rings is 1. The second-order valence-corrected chi connectivity index (χ2v) is 9.72. The third kappa shape index (κ3) is 8.29. The number of hydrogen-bond acceptors (Lipinski definition) is 6. The average molecular weight is 481 g/mol. The maximum atomic E-state index is 5.49. The molecule has 2 aliphatic rings. The minimum Gasteiger partial charge on any atom is -0.339 e. The number of piperidine rings is 1. The SMILES string of the molecule is CC.CC.CCCC(CCC)(Cc1nc(=S)nc(N2CC3CC(C)CC(C2)N3)[nH]1)N(C)CC. The first-order valence-electron chi connectivity index (χ1n) is 13.6. The van der Waals surface area contributed by atoms with E-state index in [-0.39, 0.29) is 5.54 Å². The Hall–Kier alpha value is -1.05. The molecule has 0 aromatic carbocycles. The van der Waals surface area contributed by atoms with Gasteiger partial charge in [-0.3, -0.25) is 0 Å². The first kappa shape index (κ1) is 30.0. The molecule has 2 saturated heterocycles. The molecule has 0 radical (unpaired) electrons. The number of hydrogen-bond donors (Lipinski definition) is 2. The smallest absolute Gasteiger partial charge is 0.224 e. The number of rotatable bonds is 9.